The standard InChI is InChI=1S/C19H36N4O2/c1-19(2,3)8-10-21-17(24)14-23-11-5-6-15(13-23)12-22-18(25)16-7-4-9-20-16/h15-16,20H,4-14H2,1-3H3,(H,21,24)(H,22,25). The van der Waals surface area contributed by atoms with Crippen molar-refractivity contribution >= 4 is 11.8 Å². The zero-order valence-corrected chi connectivity index (χ0v) is 16.2. The normalized spacial score (nSPS) is 24.9. The highest BCUT2D eigenvalue weighted by atomic mass is 16.2. The summed E-state index contributed by atoms with van der Waals surface area (Å²) in [5.41, 5.74) is 0.246. The minimum Gasteiger partial charge on any atom is -0.355 e. The molecule has 0 spiro atoms. The average Bonchev–Trinajstić information content (AvgIpc) is 3.06. The Morgan fingerprint density at radius 3 is 2.64 bits per heavy atom. The van der Waals surface area contributed by atoms with Crippen LogP contribution in [0.2, 0.25) is 0 Å². The van der Waals surface area contributed by atoms with Crippen LogP contribution < -0.4 is 16.0 Å². The van der Waals surface area contributed by atoms with E-state index in [0.29, 0.717) is 12.5 Å². The van der Waals surface area contributed by atoms with Crippen LogP contribution in [-0.2, 0) is 9.59 Å². The van der Waals surface area contributed by atoms with Crippen LogP contribution >= 0.6 is 0 Å². The van der Waals surface area contributed by atoms with E-state index in [1.54, 1.807) is 0 Å². The number of piperidine rings is 1. The van der Waals surface area contributed by atoms with Gasteiger partial charge in [-0.3, -0.25) is 14.5 Å². The number of nitrogens with zero attached hydrogens (tertiary/aromatic N) is 1. The Balaban J connectivity index is 1.64. The van der Waals surface area contributed by atoms with E-state index in [0.717, 1.165) is 64.8 Å². The van der Waals surface area contributed by atoms with Crippen LogP contribution in [0.1, 0.15) is 52.9 Å². The summed E-state index contributed by atoms with van der Waals surface area (Å²) in [5, 5.41) is 9.35. The van der Waals surface area contributed by atoms with E-state index < -0.39 is 0 Å². The third-order valence-electron chi connectivity index (χ3n) is 5.11. The maximum Gasteiger partial charge on any atom is 0.237 e. The van der Waals surface area contributed by atoms with Crippen molar-refractivity contribution in [1.82, 2.24) is 20.9 Å². The molecular weight excluding hydrogens is 316 g/mol. The molecule has 25 heavy (non-hydrogen) atoms. The van der Waals surface area contributed by atoms with Gasteiger partial charge in [-0.15, -0.1) is 0 Å². The maximum atomic E-state index is 12.1. The first kappa shape index (κ1) is 20.2. The van der Waals surface area contributed by atoms with Crippen LogP contribution in [0.3, 0.4) is 0 Å². The van der Waals surface area contributed by atoms with Gasteiger partial charge in [0.1, 0.15) is 0 Å². The number of nitrogens with one attached hydrogen (secondary N) is 3. The van der Waals surface area contributed by atoms with Crippen LogP contribution in [0.5, 0.6) is 0 Å². The topological polar surface area (TPSA) is 73.5 Å². The van der Waals surface area contributed by atoms with E-state index >= 15 is 0 Å². The second-order valence-corrected chi connectivity index (χ2v) is 8.80. The first-order chi connectivity index (χ1) is 11.8. The fourth-order valence-electron chi connectivity index (χ4n) is 3.57. The Morgan fingerprint density at radius 1 is 1.16 bits per heavy atom. The molecule has 0 radical (unpaired) electrons. The van der Waals surface area contributed by atoms with Crippen molar-refractivity contribution in [3.8, 4) is 0 Å². The Morgan fingerprint density at radius 2 is 1.96 bits per heavy atom. The molecule has 2 unspecified atom stereocenters. The highest BCUT2D eigenvalue weighted by molar-refractivity contribution is 5.82. The fraction of sp³-hybridized carbons (Fsp3) is 0.895. The van der Waals surface area contributed by atoms with Gasteiger partial charge in [-0.25, -0.2) is 0 Å². The van der Waals surface area contributed by atoms with Crippen LogP contribution in [0.15, 0.2) is 0 Å². The van der Waals surface area contributed by atoms with Gasteiger partial charge in [0.25, 0.3) is 0 Å². The van der Waals surface area contributed by atoms with Crippen molar-refractivity contribution in [2.24, 2.45) is 11.3 Å². The minimum absolute atomic E-state index is 0.00622. The van der Waals surface area contributed by atoms with E-state index in [4.69, 9.17) is 0 Å². The molecular formula is C19H36N4O2. The number of amides is 2. The predicted octanol–water partition coefficient (Wildman–Crippen LogP) is 1.12. The molecule has 0 aromatic carbocycles. The van der Waals surface area contributed by atoms with Crippen molar-refractivity contribution in [2.75, 3.05) is 39.3 Å². The number of likely N-dealkylation sites (tertiary alicyclic amines) is 1. The summed E-state index contributed by atoms with van der Waals surface area (Å²) in [6, 6.07) is -0.00622. The van der Waals surface area contributed by atoms with Gasteiger partial charge in [-0.1, -0.05) is 20.8 Å². The summed E-state index contributed by atoms with van der Waals surface area (Å²) < 4.78 is 0. The monoisotopic (exact) mass is 352 g/mol. The van der Waals surface area contributed by atoms with Crippen molar-refractivity contribution in [3.05, 3.63) is 0 Å². The molecule has 144 valence electrons. The van der Waals surface area contributed by atoms with Gasteiger partial charge in [0.2, 0.25) is 11.8 Å². The lowest BCUT2D eigenvalue weighted by Gasteiger charge is -2.32. The van der Waals surface area contributed by atoms with Crippen molar-refractivity contribution in [1.29, 1.82) is 0 Å². The van der Waals surface area contributed by atoms with Crippen LogP contribution in [0.4, 0.5) is 0 Å². The molecule has 2 fully saturated rings. The Labute approximate surface area is 152 Å². The molecule has 2 aliphatic rings. The van der Waals surface area contributed by atoms with E-state index in [1.165, 1.54) is 0 Å². The largest absolute Gasteiger partial charge is 0.355 e. The third kappa shape index (κ3) is 7.74. The summed E-state index contributed by atoms with van der Waals surface area (Å²) in [6.07, 6.45) is 5.23. The molecule has 2 amide bonds. The fourth-order valence-corrected chi connectivity index (χ4v) is 3.57. The van der Waals surface area contributed by atoms with Crippen LogP contribution in [0.25, 0.3) is 0 Å². The third-order valence-corrected chi connectivity index (χ3v) is 5.11. The van der Waals surface area contributed by atoms with Crippen LogP contribution in [0, 0.1) is 11.3 Å². The summed E-state index contributed by atoms with van der Waals surface area (Å²) in [4.78, 5) is 26.4. The first-order valence-corrected chi connectivity index (χ1v) is 9.84. The SMILES string of the molecule is CC(C)(C)CCNC(=O)CN1CCCC(CNC(=O)C2CCCN2)C1. The molecule has 6 nitrogen and oxygen atoms in total. The van der Waals surface area contributed by atoms with Gasteiger partial charge in [0.15, 0.2) is 0 Å². The van der Waals surface area contributed by atoms with Gasteiger partial charge < -0.3 is 16.0 Å². The summed E-state index contributed by atoms with van der Waals surface area (Å²) in [7, 11) is 0. The van der Waals surface area contributed by atoms with Gasteiger partial charge in [-0.2, -0.15) is 0 Å². The molecule has 2 saturated heterocycles. The lowest BCUT2D eigenvalue weighted by Crippen LogP contribution is -2.47. The van der Waals surface area contributed by atoms with E-state index in [1.807, 2.05) is 0 Å². The van der Waals surface area contributed by atoms with E-state index in [-0.39, 0.29) is 23.3 Å². The number of hydrogen-bond acceptors (Lipinski definition) is 4. The minimum atomic E-state index is -0.00622. The maximum absolute atomic E-state index is 12.1. The Hall–Kier alpha value is -1.14. The molecule has 0 aromatic heterocycles. The summed E-state index contributed by atoms with van der Waals surface area (Å²) >= 11 is 0. The lowest BCUT2D eigenvalue weighted by molar-refractivity contribution is -0.124. The molecule has 2 aliphatic heterocycles. The number of carbonyl (C=O) groups is 2. The highest BCUT2D eigenvalue weighted by Crippen LogP contribution is 2.17. The average molecular weight is 353 g/mol. The quantitative estimate of drug-likeness (QED) is 0.642. The molecule has 2 rings (SSSR count). The highest BCUT2D eigenvalue weighted by Gasteiger charge is 2.25. The molecule has 2 heterocycles. The first-order valence-electron chi connectivity index (χ1n) is 9.84. The molecule has 0 aromatic rings. The second kappa shape index (κ2) is 9.53. The van der Waals surface area contributed by atoms with Gasteiger partial charge in [0.05, 0.1) is 12.6 Å². The molecule has 6 heteroatoms. The molecule has 3 N–H and O–H groups in total. The number of hydrogen-bond donors (Lipinski definition) is 3. The Bertz CT molecular complexity index is 441. The summed E-state index contributed by atoms with van der Waals surface area (Å²) in [6.45, 7) is 11.3. The van der Waals surface area contributed by atoms with Crippen LogP contribution in [-0.4, -0.2) is 62.0 Å². The van der Waals surface area contributed by atoms with E-state index in [2.05, 4.69) is 41.6 Å². The molecule has 0 saturated carbocycles. The lowest BCUT2D eigenvalue weighted by atomic mass is 9.92. The molecule has 0 aliphatic carbocycles. The number of carbonyl (C=O) groups excluding carboxylic acids is 2. The smallest absolute Gasteiger partial charge is 0.237 e. The molecule has 2 atom stereocenters. The van der Waals surface area contributed by atoms with Gasteiger partial charge >= 0.3 is 0 Å². The van der Waals surface area contributed by atoms with Crippen molar-refractivity contribution in [2.45, 2.75) is 58.9 Å². The van der Waals surface area contributed by atoms with Crippen molar-refractivity contribution in [3.63, 3.8) is 0 Å². The van der Waals surface area contributed by atoms with Gasteiger partial charge in [0, 0.05) is 19.6 Å². The predicted molar refractivity (Wildman–Crippen MR) is 100 cm³/mol. The number of rotatable bonds is 7. The molecule has 0 bridgehead atoms. The van der Waals surface area contributed by atoms with Gasteiger partial charge in [-0.05, 0) is 56.5 Å². The zero-order valence-electron chi connectivity index (χ0n) is 16.2. The Kier molecular flexibility index (Phi) is 7.69. The summed E-state index contributed by atoms with van der Waals surface area (Å²) in [5.74, 6) is 0.695. The van der Waals surface area contributed by atoms with Crippen molar-refractivity contribution < 1.29 is 9.59 Å². The zero-order chi connectivity index (χ0) is 18.3. The van der Waals surface area contributed by atoms with E-state index in [9.17, 15) is 9.59 Å². The second-order valence-electron chi connectivity index (χ2n) is 8.80.